The van der Waals surface area contributed by atoms with Crippen molar-refractivity contribution >= 4 is 24.8 Å². The standard InChI is InChI=1S/C14H17F3NO6P/c1-3-22-25(21,23-4-2)10-7-5-9(6-8-10)11(18)12(19)24-13(20)14(15,16)17/h5-8,11H,3-4,18H2,1-2H3/t11-/m1/s1. The minimum atomic E-state index is -5.30. The summed E-state index contributed by atoms with van der Waals surface area (Å²) in [6.07, 6.45) is -5.30. The summed E-state index contributed by atoms with van der Waals surface area (Å²) in [5, 5.41) is 0.187. The van der Waals surface area contributed by atoms with E-state index in [1.165, 1.54) is 24.3 Å². The first kappa shape index (κ1) is 21.3. The molecule has 7 nitrogen and oxygen atoms in total. The number of halogens is 3. The number of hydrogen-bond donors (Lipinski definition) is 1. The van der Waals surface area contributed by atoms with Gasteiger partial charge in [-0.25, -0.2) is 9.59 Å². The maximum Gasteiger partial charge on any atom is 0.491 e. The highest BCUT2D eigenvalue weighted by Gasteiger charge is 2.43. The van der Waals surface area contributed by atoms with Gasteiger partial charge < -0.3 is 19.5 Å². The lowest BCUT2D eigenvalue weighted by molar-refractivity contribution is -0.202. The molecule has 0 radical (unpaired) electrons. The van der Waals surface area contributed by atoms with Crippen molar-refractivity contribution in [1.82, 2.24) is 0 Å². The van der Waals surface area contributed by atoms with Crippen molar-refractivity contribution in [1.29, 1.82) is 0 Å². The molecule has 0 aliphatic rings. The van der Waals surface area contributed by atoms with Crippen LogP contribution in [0.5, 0.6) is 0 Å². The molecule has 0 unspecified atom stereocenters. The van der Waals surface area contributed by atoms with Crippen LogP contribution in [0.2, 0.25) is 0 Å². The van der Waals surface area contributed by atoms with E-state index in [4.69, 9.17) is 14.8 Å². The van der Waals surface area contributed by atoms with Crippen LogP contribution in [0.3, 0.4) is 0 Å². The van der Waals surface area contributed by atoms with Crippen LogP contribution in [0.4, 0.5) is 13.2 Å². The largest absolute Gasteiger partial charge is 0.491 e. The highest BCUT2D eigenvalue weighted by atomic mass is 31.2. The third-order valence-electron chi connectivity index (χ3n) is 2.85. The Morgan fingerprint density at radius 3 is 2.00 bits per heavy atom. The second kappa shape index (κ2) is 8.57. The van der Waals surface area contributed by atoms with E-state index < -0.39 is 31.8 Å². The van der Waals surface area contributed by atoms with Crippen LogP contribution < -0.4 is 11.0 Å². The van der Waals surface area contributed by atoms with Gasteiger partial charge in [0.25, 0.3) is 0 Å². The molecule has 1 aromatic carbocycles. The summed E-state index contributed by atoms with van der Waals surface area (Å²) in [4.78, 5) is 22.2. The van der Waals surface area contributed by atoms with Gasteiger partial charge in [-0.05, 0) is 31.5 Å². The molecule has 0 saturated carbocycles. The van der Waals surface area contributed by atoms with Crippen molar-refractivity contribution in [3.63, 3.8) is 0 Å². The average Bonchev–Trinajstić information content (AvgIpc) is 2.53. The number of hydrogen-bond acceptors (Lipinski definition) is 7. The maximum absolute atomic E-state index is 12.5. The summed E-state index contributed by atoms with van der Waals surface area (Å²) in [5.41, 5.74) is 5.54. The van der Waals surface area contributed by atoms with E-state index in [0.717, 1.165) is 0 Å². The van der Waals surface area contributed by atoms with Crippen LogP contribution in [0.25, 0.3) is 0 Å². The molecule has 2 N–H and O–H groups in total. The van der Waals surface area contributed by atoms with Gasteiger partial charge >= 0.3 is 25.7 Å². The summed E-state index contributed by atoms with van der Waals surface area (Å²) < 4.78 is 62.7. The van der Waals surface area contributed by atoms with E-state index in [9.17, 15) is 27.3 Å². The molecule has 11 heteroatoms. The first-order valence-electron chi connectivity index (χ1n) is 7.13. The first-order chi connectivity index (χ1) is 11.5. The van der Waals surface area contributed by atoms with Gasteiger partial charge in [-0.15, -0.1) is 0 Å². The van der Waals surface area contributed by atoms with Gasteiger partial charge in [-0.3, -0.25) is 4.57 Å². The van der Waals surface area contributed by atoms with Crippen molar-refractivity contribution in [3.8, 4) is 0 Å². The molecule has 0 spiro atoms. The number of esters is 2. The van der Waals surface area contributed by atoms with Crippen LogP contribution in [-0.2, 0) is 27.9 Å². The Kier molecular flexibility index (Phi) is 7.30. The average molecular weight is 383 g/mol. The Hall–Kier alpha value is -1.74. The first-order valence-corrected chi connectivity index (χ1v) is 8.67. The predicted molar refractivity (Wildman–Crippen MR) is 81.0 cm³/mol. The van der Waals surface area contributed by atoms with Crippen molar-refractivity contribution in [2.24, 2.45) is 5.73 Å². The summed E-state index contributed by atoms with van der Waals surface area (Å²) in [5.74, 6) is -4.21. The Labute approximate surface area is 141 Å². The number of nitrogens with two attached hydrogens (primary N) is 1. The zero-order valence-corrected chi connectivity index (χ0v) is 14.3. The molecule has 25 heavy (non-hydrogen) atoms. The molecule has 0 aliphatic carbocycles. The molecule has 0 bridgehead atoms. The van der Waals surface area contributed by atoms with Gasteiger partial charge in [0.1, 0.15) is 6.04 Å². The van der Waals surface area contributed by atoms with E-state index in [-0.39, 0.29) is 24.1 Å². The van der Waals surface area contributed by atoms with Crippen molar-refractivity contribution in [3.05, 3.63) is 29.8 Å². The van der Waals surface area contributed by atoms with E-state index in [0.29, 0.717) is 0 Å². The minimum absolute atomic E-state index is 0.0586. The third kappa shape index (κ3) is 5.64. The van der Waals surface area contributed by atoms with Gasteiger partial charge in [-0.1, -0.05) is 12.1 Å². The molecule has 0 heterocycles. The number of benzene rings is 1. The van der Waals surface area contributed by atoms with Gasteiger partial charge in [0.15, 0.2) is 0 Å². The zero-order valence-electron chi connectivity index (χ0n) is 13.4. The monoisotopic (exact) mass is 383 g/mol. The number of alkyl halides is 3. The molecule has 0 aliphatic heterocycles. The smallest absolute Gasteiger partial charge is 0.385 e. The fourth-order valence-corrected chi connectivity index (χ4v) is 3.31. The summed E-state index contributed by atoms with van der Waals surface area (Å²) in [7, 11) is -3.55. The van der Waals surface area contributed by atoms with Crippen LogP contribution in [0, 0.1) is 0 Å². The second-order valence-corrected chi connectivity index (χ2v) is 6.64. The maximum atomic E-state index is 12.5. The lowest BCUT2D eigenvalue weighted by Gasteiger charge is -2.18. The van der Waals surface area contributed by atoms with E-state index >= 15 is 0 Å². The Bertz CT molecular complexity index is 652. The Balaban J connectivity index is 2.93. The summed E-state index contributed by atoms with van der Waals surface area (Å²) in [6.45, 7) is 3.52. The number of carbonyl (C=O) groups is 2. The van der Waals surface area contributed by atoms with Crippen LogP contribution in [0.15, 0.2) is 24.3 Å². The van der Waals surface area contributed by atoms with Gasteiger partial charge in [0.05, 0.1) is 18.5 Å². The highest BCUT2D eigenvalue weighted by molar-refractivity contribution is 7.62. The molecule has 1 aromatic rings. The van der Waals surface area contributed by atoms with Crippen molar-refractivity contribution in [2.75, 3.05) is 13.2 Å². The SMILES string of the molecule is CCOP(=O)(OCC)c1ccc([C@@H](N)C(=O)OC(=O)C(F)(F)F)cc1. The minimum Gasteiger partial charge on any atom is -0.385 e. The molecule has 1 atom stereocenters. The molecular weight excluding hydrogens is 366 g/mol. The quantitative estimate of drug-likeness (QED) is 0.437. The lowest BCUT2D eigenvalue weighted by Crippen LogP contribution is -2.33. The van der Waals surface area contributed by atoms with Gasteiger partial charge in [0, 0.05) is 0 Å². The zero-order chi connectivity index (χ0) is 19.3. The van der Waals surface area contributed by atoms with Crippen LogP contribution in [0.1, 0.15) is 25.5 Å². The highest BCUT2D eigenvalue weighted by Crippen LogP contribution is 2.46. The molecule has 0 saturated heterocycles. The van der Waals surface area contributed by atoms with E-state index in [2.05, 4.69) is 4.74 Å². The molecule has 0 amide bonds. The molecule has 0 aromatic heterocycles. The molecule has 1 rings (SSSR count). The van der Waals surface area contributed by atoms with E-state index in [1.54, 1.807) is 13.8 Å². The number of rotatable bonds is 7. The normalized spacial score (nSPS) is 13.4. The Morgan fingerprint density at radius 2 is 1.60 bits per heavy atom. The van der Waals surface area contributed by atoms with Crippen LogP contribution in [-0.4, -0.2) is 31.3 Å². The molecular formula is C14H17F3NO6P. The lowest BCUT2D eigenvalue weighted by atomic mass is 10.1. The third-order valence-corrected chi connectivity index (χ3v) is 4.97. The van der Waals surface area contributed by atoms with Crippen molar-refractivity contribution in [2.45, 2.75) is 26.1 Å². The fraction of sp³-hybridized carbons (Fsp3) is 0.429. The van der Waals surface area contributed by atoms with Gasteiger partial charge in [0.2, 0.25) is 0 Å². The van der Waals surface area contributed by atoms with E-state index in [1.807, 2.05) is 0 Å². The van der Waals surface area contributed by atoms with Gasteiger partial charge in [-0.2, -0.15) is 13.2 Å². The number of carbonyl (C=O) groups excluding carboxylic acids is 2. The number of ether oxygens (including phenoxy) is 1. The topological polar surface area (TPSA) is 105 Å². The summed E-state index contributed by atoms with van der Waals surface area (Å²) in [6, 6.07) is 3.49. The molecule has 140 valence electrons. The Morgan fingerprint density at radius 1 is 1.12 bits per heavy atom. The molecule has 0 fully saturated rings. The fourth-order valence-electron chi connectivity index (χ4n) is 1.74. The van der Waals surface area contributed by atoms with Crippen LogP contribution >= 0.6 is 7.60 Å². The predicted octanol–water partition coefficient (Wildman–Crippen LogP) is 2.21. The second-order valence-electron chi connectivity index (χ2n) is 4.61. The van der Waals surface area contributed by atoms with Crippen molar-refractivity contribution < 1.29 is 41.1 Å². The summed E-state index contributed by atoms with van der Waals surface area (Å²) >= 11 is 0.